The number of aliphatic carboxylic acids is 1. The van der Waals surface area contributed by atoms with Crippen molar-refractivity contribution in [2.75, 3.05) is 13.2 Å². The van der Waals surface area contributed by atoms with E-state index in [0.717, 1.165) is 17.5 Å². The van der Waals surface area contributed by atoms with Gasteiger partial charge in [-0.1, -0.05) is 27.2 Å². The van der Waals surface area contributed by atoms with Gasteiger partial charge in [-0.2, -0.15) is 0 Å². The average molecular weight is 431 g/mol. The number of amides is 2. The summed E-state index contributed by atoms with van der Waals surface area (Å²) < 4.78 is 11.0. The van der Waals surface area contributed by atoms with Crippen LogP contribution >= 0.6 is 0 Å². The van der Waals surface area contributed by atoms with E-state index in [1.165, 1.54) is 6.07 Å². The number of carbonyl (C=O) groups is 3. The number of rotatable bonds is 10. The molecule has 0 saturated heterocycles. The van der Waals surface area contributed by atoms with Gasteiger partial charge in [0.05, 0.1) is 23.9 Å². The van der Waals surface area contributed by atoms with E-state index in [1.807, 2.05) is 13.8 Å². The van der Waals surface area contributed by atoms with E-state index in [9.17, 15) is 24.3 Å². The third kappa shape index (κ3) is 6.56. The molecular formula is C22H27N2O7-. The summed E-state index contributed by atoms with van der Waals surface area (Å²) in [5, 5.41) is 16.4. The third-order valence-electron chi connectivity index (χ3n) is 4.60. The van der Waals surface area contributed by atoms with Crippen molar-refractivity contribution in [1.82, 2.24) is 10.6 Å². The number of benzene rings is 1. The summed E-state index contributed by atoms with van der Waals surface area (Å²) in [5.74, 6) is -2.56. The summed E-state index contributed by atoms with van der Waals surface area (Å²) in [4.78, 5) is 46.9. The molecule has 0 unspecified atom stereocenters. The minimum atomic E-state index is -1.39. The first-order valence-electron chi connectivity index (χ1n) is 10.1. The van der Waals surface area contributed by atoms with Crippen molar-refractivity contribution >= 4 is 28.8 Å². The standard InChI is InChI=1S/C22H28N2O7/c1-5-6-14-9-19(27)31-16-8-13(4)7-15(20(14)16)30-11-18(26)23-10-17(25)24-21(12(2)3)22(28)29/h7-9,12,21H,5-6,10-11H2,1-4H3,(H,23,26)(H,24,25)(H,28,29)/p-1/t21-/m0/s1. The molecule has 0 saturated carbocycles. The quantitative estimate of drug-likeness (QED) is 0.521. The molecule has 2 amide bonds. The molecule has 1 aromatic heterocycles. The summed E-state index contributed by atoms with van der Waals surface area (Å²) in [6.45, 7) is 6.29. The molecule has 1 atom stereocenters. The Morgan fingerprint density at radius 1 is 1.16 bits per heavy atom. The molecule has 0 radical (unpaired) electrons. The van der Waals surface area contributed by atoms with Crippen LogP contribution in [-0.2, 0) is 20.8 Å². The Labute approximate surface area is 179 Å². The Balaban J connectivity index is 2.06. The molecule has 2 aromatic rings. The molecule has 0 aliphatic carbocycles. The molecule has 0 bridgehead atoms. The lowest BCUT2D eigenvalue weighted by atomic mass is 10.0. The van der Waals surface area contributed by atoms with E-state index < -0.39 is 36.0 Å². The molecule has 2 rings (SSSR count). The van der Waals surface area contributed by atoms with Crippen LogP contribution in [-0.4, -0.2) is 37.0 Å². The average Bonchev–Trinajstić information content (AvgIpc) is 2.67. The number of carbonyl (C=O) groups excluding carboxylic acids is 3. The lowest BCUT2D eigenvalue weighted by Gasteiger charge is -2.23. The Morgan fingerprint density at radius 2 is 1.87 bits per heavy atom. The summed E-state index contributed by atoms with van der Waals surface area (Å²) in [7, 11) is 0. The minimum Gasteiger partial charge on any atom is -0.548 e. The molecule has 31 heavy (non-hydrogen) atoms. The van der Waals surface area contributed by atoms with E-state index in [1.54, 1.807) is 26.0 Å². The maximum Gasteiger partial charge on any atom is 0.336 e. The maximum absolute atomic E-state index is 12.1. The van der Waals surface area contributed by atoms with E-state index >= 15 is 0 Å². The second kappa shape index (κ2) is 10.6. The van der Waals surface area contributed by atoms with Gasteiger partial charge >= 0.3 is 5.63 Å². The van der Waals surface area contributed by atoms with Crippen LogP contribution in [0.5, 0.6) is 5.75 Å². The number of carboxylic acids is 1. The smallest absolute Gasteiger partial charge is 0.336 e. The highest BCUT2D eigenvalue weighted by Crippen LogP contribution is 2.30. The number of aryl methyl sites for hydroxylation is 2. The number of nitrogens with one attached hydrogen (secondary N) is 2. The predicted molar refractivity (Wildman–Crippen MR) is 111 cm³/mol. The number of carboxylic acid groups (broad SMARTS) is 1. The van der Waals surface area contributed by atoms with Gasteiger partial charge in [-0.05, 0) is 42.5 Å². The van der Waals surface area contributed by atoms with Crippen LogP contribution in [0.3, 0.4) is 0 Å². The van der Waals surface area contributed by atoms with E-state index in [-0.39, 0.29) is 12.5 Å². The van der Waals surface area contributed by atoms with Crippen LogP contribution in [0.4, 0.5) is 0 Å². The fraction of sp³-hybridized carbons (Fsp3) is 0.455. The van der Waals surface area contributed by atoms with Gasteiger partial charge in [-0.15, -0.1) is 0 Å². The first kappa shape index (κ1) is 23.9. The van der Waals surface area contributed by atoms with Gasteiger partial charge in [-0.3, -0.25) is 9.59 Å². The van der Waals surface area contributed by atoms with Gasteiger partial charge < -0.3 is 29.7 Å². The Morgan fingerprint density at radius 3 is 2.48 bits per heavy atom. The predicted octanol–water partition coefficient (Wildman–Crippen LogP) is 0.440. The van der Waals surface area contributed by atoms with Gasteiger partial charge in [0.1, 0.15) is 11.3 Å². The van der Waals surface area contributed by atoms with Crippen LogP contribution in [0.1, 0.15) is 38.3 Å². The third-order valence-corrected chi connectivity index (χ3v) is 4.60. The maximum atomic E-state index is 12.1. The number of ether oxygens (including phenoxy) is 1. The minimum absolute atomic E-state index is 0.361. The van der Waals surface area contributed by atoms with E-state index in [2.05, 4.69) is 10.6 Å². The topological polar surface area (TPSA) is 138 Å². The Hall–Kier alpha value is -3.36. The molecule has 9 heteroatoms. The van der Waals surface area contributed by atoms with Crippen LogP contribution in [0.25, 0.3) is 11.0 Å². The van der Waals surface area contributed by atoms with Crippen molar-refractivity contribution in [2.45, 2.75) is 46.6 Å². The van der Waals surface area contributed by atoms with E-state index in [0.29, 0.717) is 23.1 Å². The van der Waals surface area contributed by atoms with Crippen LogP contribution in [0.2, 0.25) is 0 Å². The van der Waals surface area contributed by atoms with Crippen LogP contribution in [0.15, 0.2) is 27.4 Å². The second-order valence-corrected chi connectivity index (χ2v) is 7.65. The van der Waals surface area contributed by atoms with Crippen molar-refractivity contribution in [3.8, 4) is 5.75 Å². The molecule has 0 aliphatic rings. The molecule has 1 heterocycles. The summed E-state index contributed by atoms with van der Waals surface area (Å²) in [5.41, 5.74) is 1.49. The summed E-state index contributed by atoms with van der Waals surface area (Å²) >= 11 is 0. The molecule has 0 spiro atoms. The first-order valence-corrected chi connectivity index (χ1v) is 10.1. The van der Waals surface area contributed by atoms with Crippen molar-refractivity contribution < 1.29 is 28.6 Å². The zero-order valence-corrected chi connectivity index (χ0v) is 18.1. The van der Waals surface area contributed by atoms with Crippen molar-refractivity contribution in [2.24, 2.45) is 5.92 Å². The number of fused-ring (bicyclic) bond motifs is 1. The molecule has 0 fully saturated rings. The van der Waals surface area contributed by atoms with Crippen LogP contribution < -0.4 is 26.1 Å². The fourth-order valence-corrected chi connectivity index (χ4v) is 3.15. The Kier molecular flexibility index (Phi) is 8.18. The van der Waals surface area contributed by atoms with Crippen LogP contribution in [0, 0.1) is 12.8 Å². The molecule has 1 aromatic carbocycles. The highest BCUT2D eigenvalue weighted by atomic mass is 16.5. The first-order chi connectivity index (χ1) is 14.6. The van der Waals surface area contributed by atoms with Crippen molar-refractivity contribution in [3.63, 3.8) is 0 Å². The largest absolute Gasteiger partial charge is 0.548 e. The highest BCUT2D eigenvalue weighted by Gasteiger charge is 2.18. The van der Waals surface area contributed by atoms with Gasteiger partial charge in [0.15, 0.2) is 6.61 Å². The molecule has 2 N–H and O–H groups in total. The van der Waals surface area contributed by atoms with Gasteiger partial charge in [-0.25, -0.2) is 4.79 Å². The zero-order chi connectivity index (χ0) is 23.1. The van der Waals surface area contributed by atoms with Crippen molar-refractivity contribution in [1.29, 1.82) is 0 Å². The van der Waals surface area contributed by atoms with Gasteiger partial charge in [0, 0.05) is 6.07 Å². The van der Waals surface area contributed by atoms with Crippen molar-refractivity contribution in [3.05, 3.63) is 39.7 Å². The number of hydrogen-bond acceptors (Lipinski definition) is 7. The van der Waals surface area contributed by atoms with Gasteiger partial charge in [0.2, 0.25) is 5.91 Å². The number of hydrogen-bond donors (Lipinski definition) is 2. The fourth-order valence-electron chi connectivity index (χ4n) is 3.15. The van der Waals surface area contributed by atoms with E-state index in [4.69, 9.17) is 9.15 Å². The van der Waals surface area contributed by atoms with Gasteiger partial charge in [0.25, 0.3) is 5.91 Å². The molecule has 0 aliphatic heterocycles. The zero-order valence-electron chi connectivity index (χ0n) is 18.1. The molecular weight excluding hydrogens is 404 g/mol. The Bertz CT molecular complexity index is 1030. The molecule has 168 valence electrons. The lowest BCUT2D eigenvalue weighted by Crippen LogP contribution is -2.53. The normalized spacial score (nSPS) is 11.9. The second-order valence-electron chi connectivity index (χ2n) is 7.65. The molecule has 9 nitrogen and oxygen atoms in total. The highest BCUT2D eigenvalue weighted by molar-refractivity contribution is 5.89. The monoisotopic (exact) mass is 431 g/mol. The summed E-state index contributed by atoms with van der Waals surface area (Å²) in [6, 6.07) is 3.75. The SMILES string of the molecule is CCCc1cc(=O)oc2cc(C)cc(OCC(=O)NCC(=O)N[C@H](C(=O)[O-])C(C)C)c12. The lowest BCUT2D eigenvalue weighted by molar-refractivity contribution is -0.309. The summed E-state index contributed by atoms with van der Waals surface area (Å²) in [6.07, 6.45) is 1.45.